The first-order chi connectivity index (χ1) is 16.8. The molecule has 1 aliphatic heterocycles. The molecule has 2 aromatic carbocycles. The number of hydrogen-bond donors (Lipinski definition) is 0. The fourth-order valence-electron chi connectivity index (χ4n) is 4.74. The third-order valence-corrected chi connectivity index (χ3v) is 9.27. The fourth-order valence-corrected chi connectivity index (χ4v) is 6.57. The van der Waals surface area contributed by atoms with E-state index in [1.807, 2.05) is 48.7 Å². The predicted molar refractivity (Wildman–Crippen MR) is 142 cm³/mol. The van der Waals surface area contributed by atoms with Crippen LogP contribution in [0.25, 0.3) is 16.7 Å². The van der Waals surface area contributed by atoms with Gasteiger partial charge in [-0.2, -0.15) is 4.31 Å². The van der Waals surface area contributed by atoms with E-state index in [0.29, 0.717) is 30.3 Å². The van der Waals surface area contributed by atoms with Crippen LogP contribution in [-0.4, -0.2) is 84.6 Å². The van der Waals surface area contributed by atoms with Crippen LogP contribution in [0.15, 0.2) is 47.4 Å². The van der Waals surface area contributed by atoms with E-state index in [4.69, 9.17) is 17.0 Å². The molecule has 1 aromatic heterocycles. The van der Waals surface area contributed by atoms with Crippen molar-refractivity contribution in [3.8, 4) is 11.4 Å². The van der Waals surface area contributed by atoms with Crippen LogP contribution in [-0.2, 0) is 16.7 Å². The second-order valence-electron chi connectivity index (χ2n) is 8.65. The number of fused-ring (bicyclic) bond motifs is 1. The molecular formula is C25H35N5O3S2. The first-order valence-electron chi connectivity index (χ1n) is 12.2. The standard InChI is InChI=1S/C25H35N5O3S2/c1-5-26-14-16-27(17-15-26)19-29-23-18-20(35(31,32)28(6-2)7-3)12-13-21(23)30(25(29)34)22-10-8-9-11-24(22)33-4/h8-13,18H,5-7,14-17,19H2,1-4H3. The average molecular weight is 518 g/mol. The summed E-state index contributed by atoms with van der Waals surface area (Å²) in [5.74, 6) is 0.707. The summed E-state index contributed by atoms with van der Waals surface area (Å²) >= 11 is 6.00. The van der Waals surface area contributed by atoms with Gasteiger partial charge in [0.2, 0.25) is 10.0 Å². The van der Waals surface area contributed by atoms with Gasteiger partial charge in [0.25, 0.3) is 0 Å². The number of para-hydroxylation sites is 2. The predicted octanol–water partition coefficient (Wildman–Crippen LogP) is 3.80. The van der Waals surface area contributed by atoms with Gasteiger partial charge in [-0.05, 0) is 49.1 Å². The normalized spacial score (nSPS) is 15.8. The van der Waals surface area contributed by atoms with E-state index in [-0.39, 0.29) is 4.90 Å². The number of benzene rings is 2. The quantitative estimate of drug-likeness (QED) is 0.403. The molecule has 0 N–H and O–H groups in total. The highest BCUT2D eigenvalue weighted by Gasteiger charge is 2.25. The van der Waals surface area contributed by atoms with Gasteiger partial charge in [-0.15, -0.1) is 0 Å². The van der Waals surface area contributed by atoms with Gasteiger partial charge in [-0.3, -0.25) is 9.47 Å². The summed E-state index contributed by atoms with van der Waals surface area (Å²) in [4.78, 5) is 5.09. The largest absolute Gasteiger partial charge is 0.495 e. The van der Waals surface area contributed by atoms with Crippen molar-refractivity contribution in [3.63, 3.8) is 0 Å². The van der Waals surface area contributed by atoms with E-state index in [1.54, 1.807) is 19.2 Å². The minimum Gasteiger partial charge on any atom is -0.495 e. The zero-order valence-corrected chi connectivity index (χ0v) is 22.6. The molecular weight excluding hydrogens is 482 g/mol. The smallest absolute Gasteiger partial charge is 0.243 e. The SMILES string of the molecule is CCN1CCN(Cn2c(=S)n(-c3ccccc3OC)c3ccc(S(=O)(=O)N(CC)CC)cc32)CC1. The Morgan fingerprint density at radius 3 is 2.23 bits per heavy atom. The van der Waals surface area contributed by atoms with Crippen molar-refractivity contribution in [2.45, 2.75) is 32.3 Å². The highest BCUT2D eigenvalue weighted by Crippen LogP contribution is 2.31. The van der Waals surface area contributed by atoms with Gasteiger partial charge in [0.15, 0.2) is 4.77 Å². The number of imidazole rings is 1. The zero-order chi connectivity index (χ0) is 25.2. The maximum atomic E-state index is 13.3. The fraction of sp³-hybridized carbons (Fsp3) is 0.480. The number of rotatable bonds is 9. The molecule has 4 rings (SSSR count). The van der Waals surface area contributed by atoms with Crippen LogP contribution in [0.3, 0.4) is 0 Å². The molecule has 0 aliphatic carbocycles. The summed E-state index contributed by atoms with van der Waals surface area (Å²) in [7, 11) is -1.96. The van der Waals surface area contributed by atoms with Crippen LogP contribution in [0.5, 0.6) is 5.75 Å². The van der Waals surface area contributed by atoms with Crippen LogP contribution >= 0.6 is 12.2 Å². The van der Waals surface area contributed by atoms with Gasteiger partial charge in [0, 0.05) is 39.3 Å². The van der Waals surface area contributed by atoms with E-state index in [0.717, 1.165) is 49.4 Å². The third kappa shape index (κ3) is 4.90. The van der Waals surface area contributed by atoms with Crippen molar-refractivity contribution in [2.24, 2.45) is 0 Å². The first kappa shape index (κ1) is 25.8. The molecule has 0 saturated carbocycles. The molecule has 0 spiro atoms. The summed E-state index contributed by atoms with van der Waals surface area (Å²) in [6, 6.07) is 13.1. The molecule has 0 amide bonds. The van der Waals surface area contributed by atoms with Crippen molar-refractivity contribution in [1.29, 1.82) is 0 Å². The van der Waals surface area contributed by atoms with Crippen LogP contribution in [0.4, 0.5) is 0 Å². The molecule has 1 fully saturated rings. The maximum Gasteiger partial charge on any atom is 0.243 e. The number of nitrogens with zero attached hydrogens (tertiary/aromatic N) is 5. The van der Waals surface area contributed by atoms with Gasteiger partial charge in [-0.1, -0.05) is 32.9 Å². The summed E-state index contributed by atoms with van der Waals surface area (Å²) in [5, 5.41) is 0. The highest BCUT2D eigenvalue weighted by atomic mass is 32.2. The lowest BCUT2D eigenvalue weighted by atomic mass is 10.2. The molecule has 2 heterocycles. The number of ether oxygens (including phenoxy) is 1. The summed E-state index contributed by atoms with van der Waals surface area (Å²) in [6.45, 7) is 12.3. The number of hydrogen-bond acceptors (Lipinski definition) is 6. The van der Waals surface area contributed by atoms with Crippen molar-refractivity contribution >= 4 is 33.3 Å². The number of sulfonamides is 1. The maximum absolute atomic E-state index is 13.3. The molecule has 0 atom stereocenters. The Hall–Kier alpha value is -2.24. The van der Waals surface area contributed by atoms with Gasteiger partial charge < -0.3 is 14.2 Å². The number of methoxy groups -OCH3 is 1. The average Bonchev–Trinajstić information content (AvgIpc) is 3.15. The van der Waals surface area contributed by atoms with E-state index >= 15 is 0 Å². The Labute approximate surface area is 213 Å². The molecule has 0 bridgehead atoms. The van der Waals surface area contributed by atoms with Crippen LogP contribution in [0.2, 0.25) is 0 Å². The lowest BCUT2D eigenvalue weighted by Gasteiger charge is -2.34. The molecule has 190 valence electrons. The minimum atomic E-state index is -3.60. The molecule has 10 heteroatoms. The second-order valence-corrected chi connectivity index (χ2v) is 11.0. The molecule has 1 aliphatic rings. The van der Waals surface area contributed by atoms with Gasteiger partial charge in [0.1, 0.15) is 5.75 Å². The van der Waals surface area contributed by atoms with E-state index in [9.17, 15) is 8.42 Å². The molecule has 1 saturated heterocycles. The Bertz CT molecular complexity index is 1340. The minimum absolute atomic E-state index is 0.283. The second kappa shape index (κ2) is 10.8. The molecule has 0 unspecified atom stereocenters. The van der Waals surface area contributed by atoms with E-state index in [2.05, 4.69) is 21.3 Å². The Morgan fingerprint density at radius 2 is 1.60 bits per heavy atom. The van der Waals surface area contributed by atoms with Gasteiger partial charge >= 0.3 is 0 Å². The molecule has 35 heavy (non-hydrogen) atoms. The van der Waals surface area contributed by atoms with Gasteiger partial charge in [0.05, 0.1) is 35.4 Å². The lowest BCUT2D eigenvalue weighted by Crippen LogP contribution is -2.46. The van der Waals surface area contributed by atoms with Crippen LogP contribution in [0, 0.1) is 4.77 Å². The molecule has 8 nitrogen and oxygen atoms in total. The first-order valence-corrected chi connectivity index (χ1v) is 14.0. The summed E-state index contributed by atoms with van der Waals surface area (Å²) in [5.41, 5.74) is 2.48. The Kier molecular flexibility index (Phi) is 7.97. The monoisotopic (exact) mass is 517 g/mol. The topological polar surface area (TPSA) is 63.0 Å². The van der Waals surface area contributed by atoms with Crippen molar-refractivity contribution in [2.75, 3.05) is 52.9 Å². The third-order valence-electron chi connectivity index (χ3n) is 6.82. The zero-order valence-electron chi connectivity index (χ0n) is 21.0. The van der Waals surface area contributed by atoms with Crippen molar-refractivity contribution < 1.29 is 13.2 Å². The van der Waals surface area contributed by atoms with Crippen LogP contribution in [0.1, 0.15) is 20.8 Å². The van der Waals surface area contributed by atoms with Gasteiger partial charge in [-0.25, -0.2) is 8.42 Å². The van der Waals surface area contributed by atoms with Crippen molar-refractivity contribution in [3.05, 3.63) is 47.2 Å². The number of likely N-dealkylation sites (N-methyl/N-ethyl adjacent to an activating group) is 1. The van der Waals surface area contributed by atoms with Crippen LogP contribution < -0.4 is 4.74 Å². The highest BCUT2D eigenvalue weighted by molar-refractivity contribution is 7.89. The summed E-state index contributed by atoms with van der Waals surface area (Å²) in [6.07, 6.45) is 0. The van der Waals surface area contributed by atoms with Crippen molar-refractivity contribution in [1.82, 2.24) is 23.2 Å². The molecule has 3 aromatic rings. The number of piperazine rings is 1. The lowest BCUT2D eigenvalue weighted by molar-refractivity contribution is 0.112. The number of aromatic nitrogens is 2. The Morgan fingerprint density at radius 1 is 0.943 bits per heavy atom. The van der Waals surface area contributed by atoms with E-state index in [1.165, 1.54) is 4.31 Å². The summed E-state index contributed by atoms with van der Waals surface area (Å²) < 4.78 is 38.4. The Balaban J connectivity index is 1.88. The molecule has 0 radical (unpaired) electrons. The van der Waals surface area contributed by atoms with E-state index < -0.39 is 10.0 Å².